The molecule has 1 fully saturated rings. The van der Waals surface area contributed by atoms with E-state index in [1.165, 1.54) is 9.26 Å². The molecule has 0 bridgehead atoms. The molecule has 1 aromatic carbocycles. The molecule has 0 spiro atoms. The van der Waals surface area contributed by atoms with E-state index in [9.17, 15) is 0 Å². The summed E-state index contributed by atoms with van der Waals surface area (Å²) < 4.78 is 1.35. The van der Waals surface area contributed by atoms with Crippen molar-refractivity contribution in [2.75, 3.05) is 31.1 Å². The third kappa shape index (κ3) is 2.14. The number of hydrogen-bond donors (Lipinski definition) is 1. The molecular formula is C10H13IN2. The number of nitrogens with one attached hydrogen (secondary N) is 1. The SMILES string of the molecule is Ic1ccccc1N1CCNCC1. The Morgan fingerprint density at radius 2 is 1.85 bits per heavy atom. The van der Waals surface area contributed by atoms with Gasteiger partial charge in [-0.2, -0.15) is 0 Å². The molecule has 1 aliphatic heterocycles. The predicted octanol–water partition coefficient (Wildman–Crippen LogP) is 1.70. The van der Waals surface area contributed by atoms with E-state index in [0.29, 0.717) is 0 Å². The van der Waals surface area contributed by atoms with Crippen LogP contribution in [0.15, 0.2) is 24.3 Å². The average Bonchev–Trinajstić information content (AvgIpc) is 2.20. The second kappa shape index (κ2) is 4.28. The molecule has 0 radical (unpaired) electrons. The maximum Gasteiger partial charge on any atom is 0.0502 e. The Morgan fingerprint density at radius 1 is 1.15 bits per heavy atom. The average molecular weight is 288 g/mol. The lowest BCUT2D eigenvalue weighted by Crippen LogP contribution is -2.43. The zero-order chi connectivity index (χ0) is 9.10. The summed E-state index contributed by atoms with van der Waals surface area (Å²) >= 11 is 2.40. The number of para-hydroxylation sites is 1. The van der Waals surface area contributed by atoms with E-state index >= 15 is 0 Å². The van der Waals surface area contributed by atoms with Crippen LogP contribution in [0.5, 0.6) is 0 Å². The van der Waals surface area contributed by atoms with Crippen LogP contribution in [0.1, 0.15) is 0 Å². The summed E-state index contributed by atoms with van der Waals surface area (Å²) in [6, 6.07) is 8.57. The van der Waals surface area contributed by atoms with Crippen LogP contribution < -0.4 is 10.2 Å². The smallest absolute Gasteiger partial charge is 0.0502 e. The minimum absolute atomic E-state index is 1.10. The molecular weight excluding hydrogens is 275 g/mol. The van der Waals surface area contributed by atoms with Crippen molar-refractivity contribution in [3.63, 3.8) is 0 Å². The Bertz CT molecular complexity index is 282. The van der Waals surface area contributed by atoms with E-state index in [1.54, 1.807) is 0 Å². The van der Waals surface area contributed by atoms with Gasteiger partial charge in [-0.15, -0.1) is 0 Å². The lowest BCUT2D eigenvalue weighted by atomic mass is 10.2. The van der Waals surface area contributed by atoms with Gasteiger partial charge in [0.15, 0.2) is 0 Å². The molecule has 1 N–H and O–H groups in total. The van der Waals surface area contributed by atoms with Crippen molar-refractivity contribution in [3.05, 3.63) is 27.8 Å². The van der Waals surface area contributed by atoms with Gasteiger partial charge in [0, 0.05) is 29.7 Å². The van der Waals surface area contributed by atoms with Gasteiger partial charge in [-0.05, 0) is 34.7 Å². The Hall–Kier alpha value is -0.290. The van der Waals surface area contributed by atoms with Crippen LogP contribution in [-0.4, -0.2) is 26.2 Å². The second-order valence-electron chi connectivity index (χ2n) is 3.19. The summed E-state index contributed by atoms with van der Waals surface area (Å²) in [5.74, 6) is 0. The van der Waals surface area contributed by atoms with Crippen LogP contribution in [0.4, 0.5) is 5.69 Å². The lowest BCUT2D eigenvalue weighted by Gasteiger charge is -2.30. The van der Waals surface area contributed by atoms with Crippen LogP contribution in [0, 0.1) is 3.57 Å². The van der Waals surface area contributed by atoms with Crippen molar-refractivity contribution < 1.29 is 0 Å². The van der Waals surface area contributed by atoms with Crippen molar-refractivity contribution in [1.29, 1.82) is 0 Å². The van der Waals surface area contributed by atoms with Crippen LogP contribution in [0.25, 0.3) is 0 Å². The number of piperazine rings is 1. The quantitative estimate of drug-likeness (QED) is 0.791. The first-order chi connectivity index (χ1) is 6.38. The number of hydrogen-bond acceptors (Lipinski definition) is 2. The second-order valence-corrected chi connectivity index (χ2v) is 4.35. The molecule has 1 saturated heterocycles. The molecule has 0 saturated carbocycles. The summed E-state index contributed by atoms with van der Waals surface area (Å²) in [7, 11) is 0. The van der Waals surface area contributed by atoms with E-state index in [-0.39, 0.29) is 0 Å². The lowest BCUT2D eigenvalue weighted by molar-refractivity contribution is 0.588. The highest BCUT2D eigenvalue weighted by Gasteiger charge is 2.11. The van der Waals surface area contributed by atoms with E-state index in [2.05, 4.69) is 57.1 Å². The molecule has 1 aliphatic rings. The van der Waals surface area contributed by atoms with E-state index in [0.717, 1.165) is 26.2 Å². The highest BCUT2D eigenvalue weighted by Crippen LogP contribution is 2.21. The Morgan fingerprint density at radius 3 is 2.54 bits per heavy atom. The first kappa shape index (κ1) is 9.27. The van der Waals surface area contributed by atoms with Gasteiger partial charge in [0.2, 0.25) is 0 Å². The van der Waals surface area contributed by atoms with Gasteiger partial charge in [-0.3, -0.25) is 0 Å². The molecule has 1 heterocycles. The summed E-state index contributed by atoms with van der Waals surface area (Å²) in [5.41, 5.74) is 1.38. The first-order valence-corrected chi connectivity index (χ1v) is 5.66. The molecule has 0 aromatic heterocycles. The Kier molecular flexibility index (Phi) is 3.05. The summed E-state index contributed by atoms with van der Waals surface area (Å²) in [6.45, 7) is 4.45. The predicted molar refractivity (Wildman–Crippen MR) is 64.2 cm³/mol. The maximum absolute atomic E-state index is 3.36. The third-order valence-electron chi connectivity index (χ3n) is 2.31. The molecule has 0 aliphatic carbocycles. The van der Waals surface area contributed by atoms with Crippen molar-refractivity contribution in [3.8, 4) is 0 Å². The van der Waals surface area contributed by atoms with Crippen LogP contribution in [-0.2, 0) is 0 Å². The molecule has 2 nitrogen and oxygen atoms in total. The van der Waals surface area contributed by atoms with E-state index < -0.39 is 0 Å². The summed E-state index contributed by atoms with van der Waals surface area (Å²) in [6.07, 6.45) is 0. The number of nitrogens with zero attached hydrogens (tertiary/aromatic N) is 1. The van der Waals surface area contributed by atoms with Crippen molar-refractivity contribution in [2.45, 2.75) is 0 Å². The number of anilines is 1. The molecule has 3 heteroatoms. The van der Waals surface area contributed by atoms with E-state index in [1.807, 2.05) is 0 Å². The monoisotopic (exact) mass is 288 g/mol. The van der Waals surface area contributed by atoms with Crippen LogP contribution >= 0.6 is 22.6 Å². The zero-order valence-electron chi connectivity index (χ0n) is 7.46. The molecule has 2 rings (SSSR count). The molecule has 70 valence electrons. The van der Waals surface area contributed by atoms with Crippen molar-refractivity contribution in [2.24, 2.45) is 0 Å². The highest BCUT2D eigenvalue weighted by molar-refractivity contribution is 14.1. The Labute approximate surface area is 92.5 Å². The fourth-order valence-electron chi connectivity index (χ4n) is 1.61. The first-order valence-electron chi connectivity index (χ1n) is 4.58. The molecule has 0 amide bonds. The fraction of sp³-hybridized carbons (Fsp3) is 0.400. The van der Waals surface area contributed by atoms with Crippen LogP contribution in [0.2, 0.25) is 0 Å². The Balaban J connectivity index is 2.18. The zero-order valence-corrected chi connectivity index (χ0v) is 9.62. The molecule has 0 unspecified atom stereocenters. The molecule has 1 aromatic rings. The minimum Gasteiger partial charge on any atom is -0.368 e. The van der Waals surface area contributed by atoms with Gasteiger partial charge in [-0.1, -0.05) is 12.1 Å². The van der Waals surface area contributed by atoms with E-state index in [4.69, 9.17) is 0 Å². The van der Waals surface area contributed by atoms with Crippen molar-refractivity contribution in [1.82, 2.24) is 5.32 Å². The van der Waals surface area contributed by atoms with Gasteiger partial charge in [0.25, 0.3) is 0 Å². The fourth-order valence-corrected chi connectivity index (χ4v) is 2.34. The van der Waals surface area contributed by atoms with Crippen molar-refractivity contribution >= 4 is 28.3 Å². The summed E-state index contributed by atoms with van der Waals surface area (Å²) in [5, 5.41) is 3.36. The van der Waals surface area contributed by atoms with Gasteiger partial charge >= 0.3 is 0 Å². The number of halogens is 1. The number of benzene rings is 1. The van der Waals surface area contributed by atoms with Crippen LogP contribution in [0.3, 0.4) is 0 Å². The van der Waals surface area contributed by atoms with Gasteiger partial charge < -0.3 is 10.2 Å². The third-order valence-corrected chi connectivity index (χ3v) is 3.22. The normalized spacial score (nSPS) is 17.5. The highest BCUT2D eigenvalue weighted by atomic mass is 127. The maximum atomic E-state index is 3.36. The minimum atomic E-state index is 1.10. The standard InChI is InChI=1S/C10H13IN2/c11-9-3-1-2-4-10(9)13-7-5-12-6-8-13/h1-4,12H,5-8H2. The summed E-state index contributed by atoms with van der Waals surface area (Å²) in [4.78, 5) is 2.44. The molecule has 0 atom stereocenters. The number of rotatable bonds is 1. The topological polar surface area (TPSA) is 15.3 Å². The van der Waals surface area contributed by atoms with Gasteiger partial charge in [0.05, 0.1) is 5.69 Å². The largest absolute Gasteiger partial charge is 0.368 e. The van der Waals surface area contributed by atoms with Gasteiger partial charge in [0.1, 0.15) is 0 Å². The van der Waals surface area contributed by atoms with Gasteiger partial charge in [-0.25, -0.2) is 0 Å². The molecule has 13 heavy (non-hydrogen) atoms.